The molecule has 1 aliphatic heterocycles. The Hall–Kier alpha value is -2.76. The van der Waals surface area contributed by atoms with Gasteiger partial charge in [0.1, 0.15) is 22.2 Å². The molecular weight excluding hydrogens is 424 g/mol. The summed E-state index contributed by atoms with van der Waals surface area (Å²) in [5, 5.41) is 2.69. The van der Waals surface area contributed by atoms with E-state index >= 15 is 0 Å². The van der Waals surface area contributed by atoms with Gasteiger partial charge in [-0.15, -0.1) is 11.3 Å². The Bertz CT molecular complexity index is 1120. The molecule has 0 radical (unpaired) electrons. The van der Waals surface area contributed by atoms with Gasteiger partial charge in [-0.2, -0.15) is 4.31 Å². The van der Waals surface area contributed by atoms with E-state index in [0.717, 1.165) is 16.5 Å². The van der Waals surface area contributed by atoms with E-state index in [4.69, 9.17) is 0 Å². The molecule has 0 atom stereocenters. The number of piperazine rings is 1. The molecule has 11 heteroatoms. The zero-order valence-electron chi connectivity index (χ0n) is 16.4. The van der Waals surface area contributed by atoms with E-state index in [1.807, 2.05) is 35.2 Å². The summed E-state index contributed by atoms with van der Waals surface area (Å²) in [6, 6.07) is 9.11. The van der Waals surface area contributed by atoms with E-state index in [1.165, 1.54) is 28.9 Å². The van der Waals surface area contributed by atoms with Crippen LogP contribution in [0.1, 0.15) is 11.8 Å². The lowest BCUT2D eigenvalue weighted by molar-refractivity contribution is -0.119. The van der Waals surface area contributed by atoms with Crippen LogP contribution in [0.25, 0.3) is 5.82 Å². The number of hydrogen-bond acceptors (Lipinski definition) is 7. The van der Waals surface area contributed by atoms with Gasteiger partial charge in [-0.1, -0.05) is 0 Å². The first-order valence-electron chi connectivity index (χ1n) is 9.47. The third-order valence-corrected chi connectivity index (χ3v) is 8.26. The molecular formula is C19H22N6O3S2. The maximum Gasteiger partial charge on any atom is 0.252 e. The summed E-state index contributed by atoms with van der Waals surface area (Å²) >= 11 is 1.19. The van der Waals surface area contributed by atoms with Crippen LogP contribution < -0.4 is 10.2 Å². The van der Waals surface area contributed by atoms with Gasteiger partial charge in [0.15, 0.2) is 0 Å². The van der Waals surface area contributed by atoms with E-state index in [0.29, 0.717) is 36.9 Å². The van der Waals surface area contributed by atoms with Crippen molar-refractivity contribution in [2.45, 2.75) is 17.7 Å². The summed E-state index contributed by atoms with van der Waals surface area (Å²) in [6.07, 6.45) is 5.35. The standard InChI is InChI=1S/C19H22N6O3S2/c1-15(26)20-13-16-4-5-19(29-16)30(27,28)25-10-8-24(9-11-25)18-12-17(21-14-22-18)23-6-2-3-7-23/h2-7,12,14H,8-11,13H2,1H3,(H,20,26). The molecule has 4 heterocycles. The molecule has 30 heavy (non-hydrogen) atoms. The van der Waals surface area contributed by atoms with Gasteiger partial charge in [-0.05, 0) is 24.3 Å². The average molecular weight is 447 g/mol. The van der Waals surface area contributed by atoms with Crippen molar-refractivity contribution in [1.82, 2.24) is 24.2 Å². The highest BCUT2D eigenvalue weighted by Gasteiger charge is 2.30. The lowest BCUT2D eigenvalue weighted by Gasteiger charge is -2.34. The molecule has 1 N–H and O–H groups in total. The second-order valence-corrected chi connectivity index (χ2v) is 10.2. The van der Waals surface area contributed by atoms with Gasteiger partial charge in [-0.3, -0.25) is 4.79 Å². The Morgan fingerprint density at radius 3 is 2.50 bits per heavy atom. The van der Waals surface area contributed by atoms with E-state index in [1.54, 1.807) is 12.1 Å². The lowest BCUT2D eigenvalue weighted by Crippen LogP contribution is -2.48. The van der Waals surface area contributed by atoms with Crippen LogP contribution in [-0.4, -0.2) is 59.3 Å². The van der Waals surface area contributed by atoms with Gasteiger partial charge in [0.2, 0.25) is 5.91 Å². The molecule has 3 aromatic rings. The van der Waals surface area contributed by atoms with Crippen LogP contribution >= 0.6 is 11.3 Å². The van der Waals surface area contributed by atoms with Crippen LogP contribution in [0.4, 0.5) is 5.82 Å². The number of nitrogens with zero attached hydrogens (tertiary/aromatic N) is 5. The van der Waals surface area contributed by atoms with Crippen molar-refractivity contribution >= 4 is 33.1 Å². The minimum absolute atomic E-state index is 0.145. The molecule has 1 amide bonds. The van der Waals surface area contributed by atoms with Crippen molar-refractivity contribution in [2.75, 3.05) is 31.1 Å². The molecule has 0 spiro atoms. The summed E-state index contributed by atoms with van der Waals surface area (Å²) in [7, 11) is -3.55. The summed E-state index contributed by atoms with van der Waals surface area (Å²) < 4.78 is 29.7. The minimum Gasteiger partial charge on any atom is -0.354 e. The van der Waals surface area contributed by atoms with Crippen LogP contribution in [0.5, 0.6) is 0 Å². The van der Waals surface area contributed by atoms with Crippen LogP contribution in [0, 0.1) is 0 Å². The van der Waals surface area contributed by atoms with Crippen molar-refractivity contribution in [3.8, 4) is 5.82 Å². The molecule has 3 aromatic heterocycles. The molecule has 9 nitrogen and oxygen atoms in total. The summed E-state index contributed by atoms with van der Waals surface area (Å²) in [4.78, 5) is 22.6. The Balaban J connectivity index is 1.42. The fraction of sp³-hybridized carbons (Fsp3) is 0.316. The SMILES string of the molecule is CC(=O)NCc1ccc(S(=O)(=O)N2CCN(c3cc(-n4cccc4)ncn3)CC2)s1. The monoisotopic (exact) mass is 446 g/mol. The summed E-state index contributed by atoms with van der Waals surface area (Å²) in [5.41, 5.74) is 0. The number of thiophene rings is 1. The summed E-state index contributed by atoms with van der Waals surface area (Å²) in [5.74, 6) is 1.40. The number of amides is 1. The maximum atomic E-state index is 13.0. The molecule has 1 fully saturated rings. The largest absolute Gasteiger partial charge is 0.354 e. The highest BCUT2D eigenvalue weighted by Crippen LogP contribution is 2.26. The number of aromatic nitrogens is 3. The first-order chi connectivity index (χ1) is 14.4. The lowest BCUT2D eigenvalue weighted by atomic mass is 10.3. The Morgan fingerprint density at radius 1 is 1.10 bits per heavy atom. The molecule has 0 aliphatic carbocycles. The molecule has 1 saturated heterocycles. The fourth-order valence-corrected chi connectivity index (χ4v) is 6.10. The van der Waals surface area contributed by atoms with E-state index < -0.39 is 10.0 Å². The van der Waals surface area contributed by atoms with Gasteiger partial charge in [0.25, 0.3) is 10.0 Å². The average Bonchev–Trinajstić information content (AvgIpc) is 3.45. The number of carbonyl (C=O) groups is 1. The van der Waals surface area contributed by atoms with Gasteiger partial charge < -0.3 is 14.8 Å². The highest BCUT2D eigenvalue weighted by atomic mass is 32.2. The van der Waals surface area contributed by atoms with Crippen molar-refractivity contribution in [3.63, 3.8) is 0 Å². The maximum absolute atomic E-state index is 13.0. The predicted octanol–water partition coefficient (Wildman–Crippen LogP) is 1.48. The topological polar surface area (TPSA) is 100 Å². The zero-order chi connectivity index (χ0) is 21.1. The van der Waals surface area contributed by atoms with Crippen molar-refractivity contribution in [3.05, 3.63) is 53.9 Å². The molecule has 0 aromatic carbocycles. The molecule has 0 unspecified atom stereocenters. The number of nitrogens with one attached hydrogen (secondary N) is 1. The van der Waals surface area contributed by atoms with E-state index in [2.05, 4.69) is 20.2 Å². The predicted molar refractivity (Wildman–Crippen MR) is 114 cm³/mol. The molecule has 1 aliphatic rings. The van der Waals surface area contributed by atoms with Crippen LogP contribution in [0.3, 0.4) is 0 Å². The van der Waals surface area contributed by atoms with E-state index in [9.17, 15) is 13.2 Å². The number of hydrogen-bond donors (Lipinski definition) is 1. The molecule has 158 valence electrons. The molecule has 0 saturated carbocycles. The van der Waals surface area contributed by atoms with Gasteiger partial charge in [-0.25, -0.2) is 18.4 Å². The van der Waals surface area contributed by atoms with Gasteiger partial charge in [0, 0.05) is 56.4 Å². The third kappa shape index (κ3) is 4.37. The van der Waals surface area contributed by atoms with Crippen LogP contribution in [-0.2, 0) is 21.4 Å². The smallest absolute Gasteiger partial charge is 0.252 e. The van der Waals surface area contributed by atoms with Gasteiger partial charge >= 0.3 is 0 Å². The third-order valence-electron chi connectivity index (χ3n) is 4.81. The van der Waals surface area contributed by atoms with Gasteiger partial charge in [0.05, 0.1) is 6.54 Å². The minimum atomic E-state index is -3.55. The fourth-order valence-electron chi connectivity index (χ4n) is 3.23. The number of anilines is 1. The summed E-state index contributed by atoms with van der Waals surface area (Å²) in [6.45, 7) is 3.62. The molecule has 4 rings (SSSR count). The Kier molecular flexibility index (Phi) is 5.84. The van der Waals surface area contributed by atoms with Crippen molar-refractivity contribution in [1.29, 1.82) is 0 Å². The van der Waals surface area contributed by atoms with E-state index in [-0.39, 0.29) is 5.91 Å². The second kappa shape index (κ2) is 8.54. The Labute approximate surface area is 179 Å². The Morgan fingerprint density at radius 2 is 1.80 bits per heavy atom. The van der Waals surface area contributed by atoms with Crippen molar-refractivity contribution in [2.24, 2.45) is 0 Å². The number of rotatable bonds is 6. The highest BCUT2D eigenvalue weighted by molar-refractivity contribution is 7.91. The van der Waals surface area contributed by atoms with Crippen LogP contribution in [0.2, 0.25) is 0 Å². The molecule has 0 bridgehead atoms. The van der Waals surface area contributed by atoms with Crippen molar-refractivity contribution < 1.29 is 13.2 Å². The zero-order valence-corrected chi connectivity index (χ0v) is 18.1. The number of carbonyl (C=O) groups excluding carboxylic acids is 1. The normalized spacial score (nSPS) is 15.3. The first-order valence-corrected chi connectivity index (χ1v) is 11.7. The second-order valence-electron chi connectivity index (χ2n) is 6.85. The quantitative estimate of drug-likeness (QED) is 0.616. The number of sulfonamides is 1. The van der Waals surface area contributed by atoms with Crippen LogP contribution in [0.15, 0.2) is 53.3 Å². The first kappa shape index (κ1) is 20.5.